The van der Waals surface area contributed by atoms with Crippen LogP contribution in [0.5, 0.6) is 0 Å². The standard InChI is InChI=1S/C14H28N2/c1-12(2)16-10-6-7-13(16)11-14(3)8-4-5-9-15-14/h12-13,15H,4-11H2,1-3H3. The van der Waals surface area contributed by atoms with Crippen molar-refractivity contribution in [2.45, 2.75) is 76.9 Å². The minimum Gasteiger partial charge on any atom is -0.311 e. The van der Waals surface area contributed by atoms with Gasteiger partial charge in [0, 0.05) is 17.6 Å². The van der Waals surface area contributed by atoms with Gasteiger partial charge in [-0.3, -0.25) is 4.90 Å². The summed E-state index contributed by atoms with van der Waals surface area (Å²) in [5, 5.41) is 3.76. The average molecular weight is 224 g/mol. The van der Waals surface area contributed by atoms with E-state index >= 15 is 0 Å². The van der Waals surface area contributed by atoms with Gasteiger partial charge in [0.15, 0.2) is 0 Å². The molecule has 2 saturated heterocycles. The third-order valence-corrected chi connectivity index (χ3v) is 4.48. The molecule has 2 fully saturated rings. The maximum absolute atomic E-state index is 3.76. The van der Waals surface area contributed by atoms with E-state index < -0.39 is 0 Å². The first-order chi connectivity index (χ1) is 7.61. The van der Waals surface area contributed by atoms with Gasteiger partial charge in [0.05, 0.1) is 0 Å². The summed E-state index contributed by atoms with van der Waals surface area (Å²) in [6.45, 7) is 9.66. The second kappa shape index (κ2) is 5.05. The van der Waals surface area contributed by atoms with E-state index in [0.717, 1.165) is 12.1 Å². The molecule has 2 rings (SSSR count). The molecular weight excluding hydrogens is 196 g/mol. The van der Waals surface area contributed by atoms with Gasteiger partial charge in [-0.25, -0.2) is 0 Å². The molecule has 16 heavy (non-hydrogen) atoms. The maximum Gasteiger partial charge on any atom is 0.0168 e. The highest BCUT2D eigenvalue weighted by Gasteiger charge is 2.34. The highest BCUT2D eigenvalue weighted by atomic mass is 15.2. The van der Waals surface area contributed by atoms with E-state index in [2.05, 4.69) is 31.0 Å². The second-order valence-electron chi connectivity index (χ2n) is 6.28. The smallest absolute Gasteiger partial charge is 0.0168 e. The summed E-state index contributed by atoms with van der Waals surface area (Å²) in [5.41, 5.74) is 0.417. The second-order valence-corrected chi connectivity index (χ2v) is 6.28. The van der Waals surface area contributed by atoms with Crippen molar-refractivity contribution in [3.8, 4) is 0 Å². The minimum absolute atomic E-state index is 0.417. The third-order valence-electron chi connectivity index (χ3n) is 4.48. The lowest BCUT2D eigenvalue weighted by Gasteiger charge is -2.40. The van der Waals surface area contributed by atoms with Crippen LogP contribution in [0.3, 0.4) is 0 Å². The number of likely N-dealkylation sites (tertiary alicyclic amines) is 1. The molecule has 0 aliphatic carbocycles. The van der Waals surface area contributed by atoms with E-state index in [4.69, 9.17) is 0 Å². The van der Waals surface area contributed by atoms with Crippen LogP contribution >= 0.6 is 0 Å². The van der Waals surface area contributed by atoms with E-state index in [-0.39, 0.29) is 0 Å². The molecule has 2 unspecified atom stereocenters. The lowest BCUT2D eigenvalue weighted by molar-refractivity contribution is 0.144. The van der Waals surface area contributed by atoms with E-state index in [0.29, 0.717) is 5.54 Å². The SMILES string of the molecule is CC(C)N1CCCC1CC1(C)CCCCN1. The molecule has 0 radical (unpaired) electrons. The summed E-state index contributed by atoms with van der Waals surface area (Å²) in [5.74, 6) is 0. The summed E-state index contributed by atoms with van der Waals surface area (Å²) < 4.78 is 0. The summed E-state index contributed by atoms with van der Waals surface area (Å²) in [4.78, 5) is 2.71. The quantitative estimate of drug-likeness (QED) is 0.793. The molecule has 2 aliphatic heterocycles. The third kappa shape index (κ3) is 2.78. The predicted octanol–water partition coefficient (Wildman–Crippen LogP) is 2.78. The molecule has 0 amide bonds. The van der Waals surface area contributed by atoms with Gasteiger partial charge in [-0.15, -0.1) is 0 Å². The molecule has 0 bridgehead atoms. The Morgan fingerprint density at radius 2 is 2.12 bits per heavy atom. The van der Waals surface area contributed by atoms with Crippen LogP contribution in [0.2, 0.25) is 0 Å². The Kier molecular flexibility index (Phi) is 3.91. The van der Waals surface area contributed by atoms with Crippen LogP contribution in [0.15, 0.2) is 0 Å². The van der Waals surface area contributed by atoms with E-state index in [1.165, 1.54) is 51.6 Å². The van der Waals surface area contributed by atoms with Crippen LogP contribution in [0.1, 0.15) is 59.3 Å². The molecule has 0 aromatic carbocycles. The molecule has 0 saturated carbocycles. The molecule has 2 nitrogen and oxygen atoms in total. The molecule has 0 spiro atoms. The Morgan fingerprint density at radius 3 is 2.75 bits per heavy atom. The molecule has 1 N–H and O–H groups in total. The summed E-state index contributed by atoms with van der Waals surface area (Å²) in [6.07, 6.45) is 8.32. The normalized spacial score (nSPS) is 37.1. The van der Waals surface area contributed by atoms with Crippen molar-refractivity contribution in [1.29, 1.82) is 0 Å². The molecule has 0 aromatic rings. The molecule has 94 valence electrons. The van der Waals surface area contributed by atoms with Gasteiger partial charge in [-0.1, -0.05) is 6.42 Å². The van der Waals surface area contributed by atoms with Gasteiger partial charge in [-0.05, 0) is 66.0 Å². The van der Waals surface area contributed by atoms with Crippen molar-refractivity contribution in [1.82, 2.24) is 10.2 Å². The molecule has 2 heteroatoms. The van der Waals surface area contributed by atoms with Gasteiger partial charge >= 0.3 is 0 Å². The average Bonchev–Trinajstić information content (AvgIpc) is 2.66. The highest BCUT2D eigenvalue weighted by Crippen LogP contribution is 2.31. The Labute approximate surface area is 101 Å². The molecule has 2 atom stereocenters. The minimum atomic E-state index is 0.417. The predicted molar refractivity (Wildman–Crippen MR) is 69.7 cm³/mol. The van der Waals surface area contributed by atoms with Gasteiger partial charge in [0.2, 0.25) is 0 Å². The summed E-state index contributed by atoms with van der Waals surface area (Å²) >= 11 is 0. The van der Waals surface area contributed by atoms with E-state index in [1.54, 1.807) is 0 Å². The van der Waals surface area contributed by atoms with Crippen molar-refractivity contribution in [3.05, 3.63) is 0 Å². The fraction of sp³-hybridized carbons (Fsp3) is 1.00. The van der Waals surface area contributed by atoms with Crippen molar-refractivity contribution >= 4 is 0 Å². The Morgan fingerprint density at radius 1 is 1.31 bits per heavy atom. The zero-order valence-electron chi connectivity index (χ0n) is 11.3. The van der Waals surface area contributed by atoms with E-state index in [9.17, 15) is 0 Å². The maximum atomic E-state index is 3.76. The summed E-state index contributed by atoms with van der Waals surface area (Å²) in [7, 11) is 0. The zero-order chi connectivity index (χ0) is 11.6. The van der Waals surface area contributed by atoms with Crippen LogP contribution in [-0.4, -0.2) is 35.6 Å². The topological polar surface area (TPSA) is 15.3 Å². The number of piperidine rings is 1. The van der Waals surface area contributed by atoms with Crippen LogP contribution in [-0.2, 0) is 0 Å². The number of hydrogen-bond acceptors (Lipinski definition) is 2. The van der Waals surface area contributed by atoms with Gasteiger partial charge in [0.1, 0.15) is 0 Å². The monoisotopic (exact) mass is 224 g/mol. The van der Waals surface area contributed by atoms with Crippen molar-refractivity contribution in [2.24, 2.45) is 0 Å². The Bertz CT molecular complexity index is 219. The van der Waals surface area contributed by atoms with Crippen LogP contribution in [0.4, 0.5) is 0 Å². The number of nitrogens with zero attached hydrogens (tertiary/aromatic N) is 1. The van der Waals surface area contributed by atoms with Crippen LogP contribution < -0.4 is 5.32 Å². The van der Waals surface area contributed by atoms with Crippen molar-refractivity contribution in [3.63, 3.8) is 0 Å². The van der Waals surface area contributed by atoms with E-state index in [1.807, 2.05) is 0 Å². The lowest BCUT2D eigenvalue weighted by Crippen LogP contribution is -2.50. The Hall–Kier alpha value is -0.0800. The molecule has 2 heterocycles. The number of hydrogen-bond donors (Lipinski definition) is 1. The molecule has 0 aromatic heterocycles. The van der Waals surface area contributed by atoms with Crippen LogP contribution in [0.25, 0.3) is 0 Å². The zero-order valence-corrected chi connectivity index (χ0v) is 11.3. The first kappa shape index (κ1) is 12.4. The summed E-state index contributed by atoms with van der Waals surface area (Å²) in [6, 6.07) is 1.55. The first-order valence-corrected chi connectivity index (χ1v) is 7.11. The van der Waals surface area contributed by atoms with Crippen molar-refractivity contribution in [2.75, 3.05) is 13.1 Å². The van der Waals surface area contributed by atoms with Crippen LogP contribution in [0, 0.1) is 0 Å². The van der Waals surface area contributed by atoms with Gasteiger partial charge in [-0.2, -0.15) is 0 Å². The first-order valence-electron chi connectivity index (χ1n) is 7.11. The van der Waals surface area contributed by atoms with Crippen molar-refractivity contribution < 1.29 is 0 Å². The molecule has 2 aliphatic rings. The number of rotatable bonds is 3. The largest absolute Gasteiger partial charge is 0.311 e. The fourth-order valence-electron chi connectivity index (χ4n) is 3.57. The lowest BCUT2D eigenvalue weighted by atomic mass is 9.84. The fourth-order valence-corrected chi connectivity index (χ4v) is 3.57. The molecular formula is C14H28N2. The highest BCUT2D eigenvalue weighted by molar-refractivity contribution is 4.94. The number of nitrogens with one attached hydrogen (secondary N) is 1. The van der Waals surface area contributed by atoms with Gasteiger partial charge in [0.25, 0.3) is 0 Å². The van der Waals surface area contributed by atoms with Gasteiger partial charge < -0.3 is 5.32 Å². The Balaban J connectivity index is 1.92.